The molecule has 2 fully saturated rings. The van der Waals surface area contributed by atoms with Crippen LogP contribution in [-0.4, -0.2) is 56.2 Å². The number of unbranched alkanes of at least 4 members (excludes halogenated alkanes) is 4. The van der Waals surface area contributed by atoms with E-state index < -0.39 is 0 Å². The molecule has 4 amide bonds. The summed E-state index contributed by atoms with van der Waals surface area (Å²) >= 11 is 9.94. The highest BCUT2D eigenvalue weighted by atomic mass is 32.1. The minimum absolute atomic E-state index is 0.142. The quantitative estimate of drug-likeness (QED) is 0.363. The van der Waals surface area contributed by atoms with Gasteiger partial charge in [-0.2, -0.15) is 0 Å². The molecule has 0 aliphatic carbocycles. The maximum absolute atomic E-state index is 11.8. The van der Waals surface area contributed by atoms with Crippen LogP contribution >= 0.6 is 24.4 Å². The van der Waals surface area contributed by atoms with Crippen LogP contribution in [0.15, 0.2) is 0 Å². The molecule has 2 aliphatic heterocycles. The molecule has 25 heavy (non-hydrogen) atoms. The van der Waals surface area contributed by atoms with E-state index in [2.05, 4.69) is 0 Å². The first-order valence-corrected chi connectivity index (χ1v) is 9.48. The van der Waals surface area contributed by atoms with Crippen LogP contribution in [0.5, 0.6) is 0 Å². The molecule has 136 valence electrons. The van der Waals surface area contributed by atoms with Gasteiger partial charge in [0, 0.05) is 25.9 Å². The molecule has 6 nitrogen and oxygen atoms in total. The Morgan fingerprint density at radius 2 is 0.960 bits per heavy atom. The van der Waals surface area contributed by atoms with Gasteiger partial charge >= 0.3 is 0 Å². The van der Waals surface area contributed by atoms with E-state index in [-0.39, 0.29) is 23.6 Å². The number of likely N-dealkylation sites (tertiary alicyclic amines) is 2. The maximum Gasteiger partial charge on any atom is 0.267 e. The molecule has 0 aromatic heterocycles. The van der Waals surface area contributed by atoms with E-state index in [4.69, 9.17) is 24.4 Å². The summed E-state index contributed by atoms with van der Waals surface area (Å²) in [6, 6.07) is 0. The molecule has 2 rings (SSSR count). The highest BCUT2D eigenvalue weighted by Gasteiger charge is 2.30. The van der Waals surface area contributed by atoms with Gasteiger partial charge in [0.2, 0.25) is 11.8 Å². The summed E-state index contributed by atoms with van der Waals surface area (Å²) in [5, 5.41) is 0. The number of thiocarbonyl (C=S) groups is 2. The van der Waals surface area contributed by atoms with Crippen molar-refractivity contribution in [3.8, 4) is 0 Å². The summed E-state index contributed by atoms with van der Waals surface area (Å²) < 4.78 is 0. The maximum atomic E-state index is 11.8. The van der Waals surface area contributed by atoms with Crippen molar-refractivity contribution in [1.29, 1.82) is 0 Å². The molecule has 0 bridgehead atoms. The minimum atomic E-state index is -0.315. The molecule has 0 aromatic carbocycles. The number of piperidine rings is 2. The topological polar surface area (TPSA) is 74.8 Å². The Labute approximate surface area is 157 Å². The molecular weight excluding hydrogens is 360 g/mol. The standard InChI is InChI=1S/C17H22N2O4S2/c20-14-8-6-12(24)16(22)18(14)10-4-2-1-3-5-11-19-15(21)9-7-13(25)17(19)23/h1-11H2. The Balaban J connectivity index is 1.60. The zero-order chi connectivity index (χ0) is 18.4. The Morgan fingerprint density at radius 1 is 0.600 bits per heavy atom. The minimum Gasteiger partial charge on any atom is -0.278 e. The molecule has 0 radical (unpaired) electrons. The first kappa shape index (κ1) is 19.8. The van der Waals surface area contributed by atoms with Gasteiger partial charge in [0.05, 0.1) is 9.73 Å². The van der Waals surface area contributed by atoms with Gasteiger partial charge in [-0.25, -0.2) is 0 Å². The molecule has 0 spiro atoms. The van der Waals surface area contributed by atoms with Crippen molar-refractivity contribution in [2.24, 2.45) is 0 Å². The summed E-state index contributed by atoms with van der Waals surface area (Å²) in [5.74, 6) is -0.915. The molecule has 8 heteroatoms. The number of hydrogen-bond acceptors (Lipinski definition) is 6. The average Bonchev–Trinajstić information content (AvgIpc) is 2.59. The first-order chi connectivity index (χ1) is 11.9. The normalized spacial score (nSPS) is 19.2. The van der Waals surface area contributed by atoms with Gasteiger partial charge in [-0.1, -0.05) is 43.7 Å². The third-order valence-corrected chi connectivity index (χ3v) is 5.22. The number of hydrogen-bond donors (Lipinski definition) is 0. The van der Waals surface area contributed by atoms with Gasteiger partial charge in [0.1, 0.15) is 0 Å². The van der Waals surface area contributed by atoms with Crippen molar-refractivity contribution in [2.75, 3.05) is 13.1 Å². The Hall–Kier alpha value is -1.54. The molecule has 2 saturated heterocycles. The fourth-order valence-electron chi connectivity index (χ4n) is 2.97. The molecule has 2 aliphatic rings. The van der Waals surface area contributed by atoms with Gasteiger partial charge in [-0.05, 0) is 25.7 Å². The second-order valence-corrected chi connectivity index (χ2v) is 7.30. The van der Waals surface area contributed by atoms with Crippen molar-refractivity contribution < 1.29 is 19.2 Å². The highest BCUT2D eigenvalue weighted by Crippen LogP contribution is 2.15. The van der Waals surface area contributed by atoms with Crippen LogP contribution in [0.4, 0.5) is 0 Å². The van der Waals surface area contributed by atoms with Crippen molar-refractivity contribution in [3.63, 3.8) is 0 Å². The number of imide groups is 2. The second-order valence-electron chi connectivity index (χ2n) is 6.32. The fraction of sp³-hybridized carbons (Fsp3) is 0.647. The molecule has 2 heterocycles. The zero-order valence-corrected chi connectivity index (χ0v) is 15.8. The number of carbonyl (C=O) groups is 4. The fourth-order valence-corrected chi connectivity index (χ4v) is 3.40. The van der Waals surface area contributed by atoms with Crippen molar-refractivity contribution in [1.82, 2.24) is 9.80 Å². The van der Waals surface area contributed by atoms with E-state index in [9.17, 15) is 19.2 Å². The Kier molecular flexibility index (Phi) is 7.31. The molecular formula is C17H22N2O4S2. The third-order valence-electron chi connectivity index (χ3n) is 4.46. The lowest BCUT2D eigenvalue weighted by atomic mass is 10.1. The van der Waals surface area contributed by atoms with Crippen LogP contribution in [0.1, 0.15) is 57.8 Å². The monoisotopic (exact) mass is 382 g/mol. The predicted molar refractivity (Wildman–Crippen MR) is 100 cm³/mol. The van der Waals surface area contributed by atoms with Crippen LogP contribution in [0, 0.1) is 0 Å². The predicted octanol–water partition coefficient (Wildman–Crippen LogP) is 1.97. The third kappa shape index (κ3) is 5.22. The summed E-state index contributed by atoms with van der Waals surface area (Å²) in [5.41, 5.74) is 0. The largest absolute Gasteiger partial charge is 0.278 e. The molecule has 0 unspecified atom stereocenters. The number of rotatable bonds is 8. The van der Waals surface area contributed by atoms with E-state index in [1.807, 2.05) is 0 Å². The van der Waals surface area contributed by atoms with Gasteiger partial charge < -0.3 is 0 Å². The van der Waals surface area contributed by atoms with Crippen molar-refractivity contribution in [2.45, 2.75) is 57.8 Å². The number of carbonyl (C=O) groups excluding carboxylic acids is 4. The molecule has 0 aromatic rings. The van der Waals surface area contributed by atoms with E-state index >= 15 is 0 Å². The van der Waals surface area contributed by atoms with Crippen molar-refractivity contribution >= 4 is 57.8 Å². The van der Waals surface area contributed by atoms with Gasteiger partial charge in [0.15, 0.2) is 0 Å². The van der Waals surface area contributed by atoms with Crippen LogP contribution in [0.3, 0.4) is 0 Å². The Bertz CT molecular complexity index is 566. The van der Waals surface area contributed by atoms with Gasteiger partial charge in [0.25, 0.3) is 11.8 Å². The SMILES string of the molecule is O=C1CCC(=S)C(=O)N1CCCCCCCN1C(=O)CCC(=S)C1=O. The van der Waals surface area contributed by atoms with Crippen LogP contribution in [0.25, 0.3) is 0 Å². The molecule has 0 atom stereocenters. The van der Waals surface area contributed by atoms with Crippen LogP contribution in [-0.2, 0) is 19.2 Å². The van der Waals surface area contributed by atoms with E-state index in [1.54, 1.807) is 0 Å². The summed E-state index contributed by atoms with van der Waals surface area (Å²) in [4.78, 5) is 50.4. The Morgan fingerprint density at radius 3 is 1.36 bits per heavy atom. The number of amides is 4. The summed E-state index contributed by atoms with van der Waals surface area (Å²) in [6.45, 7) is 0.824. The first-order valence-electron chi connectivity index (χ1n) is 8.67. The molecule has 0 saturated carbocycles. The van der Waals surface area contributed by atoms with Crippen LogP contribution in [0.2, 0.25) is 0 Å². The van der Waals surface area contributed by atoms with E-state index in [1.165, 1.54) is 9.80 Å². The summed E-state index contributed by atoms with van der Waals surface area (Å²) in [6.07, 6.45) is 5.59. The lowest BCUT2D eigenvalue weighted by Gasteiger charge is -2.25. The van der Waals surface area contributed by atoms with Gasteiger partial charge in [-0.15, -0.1) is 0 Å². The highest BCUT2D eigenvalue weighted by molar-refractivity contribution is 7.82. The summed E-state index contributed by atoms with van der Waals surface area (Å²) in [7, 11) is 0. The van der Waals surface area contributed by atoms with E-state index in [0.717, 1.165) is 32.1 Å². The van der Waals surface area contributed by atoms with Crippen LogP contribution < -0.4 is 0 Å². The lowest BCUT2D eigenvalue weighted by molar-refractivity contribution is -0.143. The van der Waals surface area contributed by atoms with Crippen molar-refractivity contribution in [3.05, 3.63) is 0 Å². The lowest BCUT2D eigenvalue weighted by Crippen LogP contribution is -2.45. The smallest absolute Gasteiger partial charge is 0.267 e. The number of nitrogens with zero attached hydrogens (tertiary/aromatic N) is 2. The van der Waals surface area contributed by atoms with E-state index in [0.29, 0.717) is 48.5 Å². The molecule has 0 N–H and O–H groups in total. The second kappa shape index (κ2) is 9.24. The zero-order valence-electron chi connectivity index (χ0n) is 14.1. The average molecular weight is 383 g/mol. The van der Waals surface area contributed by atoms with Gasteiger partial charge in [-0.3, -0.25) is 29.0 Å².